The molecule has 1 aromatic heterocycles. The standard InChI is InChI=1S/C26H22FN3O4/c1-32-22-7-9-24-17(11-22)10-18(15-33-24)26(31)30-23-8-2-16(19-13-28-29-14-19)12-25(23)34-21-5-3-20(27)4-6-21/h2-9,11-14,18H,10,15H2,1H3,(H,28,29)(H,30,31)/t18-/m0/s1. The first-order valence-electron chi connectivity index (χ1n) is 10.8. The fourth-order valence-electron chi connectivity index (χ4n) is 3.83. The van der Waals surface area contributed by atoms with E-state index in [9.17, 15) is 9.18 Å². The molecule has 0 fully saturated rings. The zero-order valence-electron chi connectivity index (χ0n) is 18.4. The fourth-order valence-corrected chi connectivity index (χ4v) is 3.83. The van der Waals surface area contributed by atoms with Gasteiger partial charge in [-0.25, -0.2) is 4.39 Å². The van der Waals surface area contributed by atoms with Gasteiger partial charge in [-0.05, 0) is 72.1 Å². The van der Waals surface area contributed by atoms with Crippen LogP contribution in [0.4, 0.5) is 10.1 Å². The average molecular weight is 459 g/mol. The van der Waals surface area contributed by atoms with Gasteiger partial charge in [-0.2, -0.15) is 5.10 Å². The van der Waals surface area contributed by atoms with Crippen molar-refractivity contribution >= 4 is 11.6 Å². The molecular formula is C26H22FN3O4. The zero-order chi connectivity index (χ0) is 23.5. The van der Waals surface area contributed by atoms with Crippen molar-refractivity contribution in [2.24, 2.45) is 5.92 Å². The molecule has 0 unspecified atom stereocenters. The Bertz CT molecular complexity index is 1310. The smallest absolute Gasteiger partial charge is 0.231 e. The Morgan fingerprint density at radius 1 is 1.09 bits per heavy atom. The number of fused-ring (bicyclic) bond motifs is 1. The minimum atomic E-state index is -0.383. The van der Waals surface area contributed by atoms with Crippen LogP contribution in [0.5, 0.6) is 23.0 Å². The average Bonchev–Trinajstić information content (AvgIpc) is 3.41. The molecule has 7 nitrogen and oxygen atoms in total. The van der Waals surface area contributed by atoms with Crippen molar-refractivity contribution in [1.82, 2.24) is 10.2 Å². The first-order chi connectivity index (χ1) is 16.6. The van der Waals surface area contributed by atoms with Crippen molar-refractivity contribution in [2.45, 2.75) is 6.42 Å². The number of H-pyrrole nitrogens is 1. The van der Waals surface area contributed by atoms with Crippen molar-refractivity contribution in [3.63, 3.8) is 0 Å². The second kappa shape index (κ2) is 9.27. The van der Waals surface area contributed by atoms with Crippen molar-refractivity contribution in [3.8, 4) is 34.1 Å². The van der Waals surface area contributed by atoms with Crippen LogP contribution in [0, 0.1) is 11.7 Å². The molecule has 0 radical (unpaired) electrons. The molecule has 1 atom stereocenters. The number of ether oxygens (including phenoxy) is 3. The van der Waals surface area contributed by atoms with Crippen molar-refractivity contribution in [2.75, 3.05) is 19.0 Å². The Morgan fingerprint density at radius 3 is 2.68 bits per heavy atom. The number of hydrogen-bond donors (Lipinski definition) is 2. The third-order valence-electron chi connectivity index (χ3n) is 5.66. The number of rotatable bonds is 6. The molecular weight excluding hydrogens is 437 g/mol. The van der Waals surface area contributed by atoms with E-state index in [1.54, 1.807) is 31.6 Å². The summed E-state index contributed by atoms with van der Waals surface area (Å²) in [5, 5.41) is 9.74. The normalized spacial score (nSPS) is 14.6. The number of nitrogens with one attached hydrogen (secondary N) is 2. The van der Waals surface area contributed by atoms with Gasteiger partial charge in [-0.1, -0.05) is 6.07 Å². The molecule has 172 valence electrons. The van der Waals surface area contributed by atoms with E-state index in [1.807, 2.05) is 24.3 Å². The number of nitrogens with zero attached hydrogens (tertiary/aromatic N) is 1. The number of halogens is 1. The molecule has 2 heterocycles. The van der Waals surface area contributed by atoms with Gasteiger partial charge in [0.1, 0.15) is 29.7 Å². The highest BCUT2D eigenvalue weighted by molar-refractivity contribution is 5.95. The van der Waals surface area contributed by atoms with Crippen LogP contribution < -0.4 is 19.5 Å². The molecule has 0 aliphatic carbocycles. The molecule has 3 aromatic carbocycles. The number of aromatic nitrogens is 2. The zero-order valence-corrected chi connectivity index (χ0v) is 18.4. The van der Waals surface area contributed by atoms with Gasteiger partial charge in [-0.3, -0.25) is 9.89 Å². The van der Waals surface area contributed by atoms with Gasteiger partial charge in [-0.15, -0.1) is 0 Å². The molecule has 8 heteroatoms. The third-order valence-corrected chi connectivity index (χ3v) is 5.66. The predicted molar refractivity (Wildman–Crippen MR) is 125 cm³/mol. The largest absolute Gasteiger partial charge is 0.497 e. The first kappa shape index (κ1) is 21.5. The number of methoxy groups -OCH3 is 1. The summed E-state index contributed by atoms with van der Waals surface area (Å²) >= 11 is 0. The summed E-state index contributed by atoms with van der Waals surface area (Å²) < 4.78 is 30.5. The van der Waals surface area contributed by atoms with Crippen molar-refractivity contribution in [3.05, 3.63) is 84.4 Å². The van der Waals surface area contributed by atoms with Crippen LogP contribution in [-0.4, -0.2) is 29.8 Å². The number of anilines is 1. The lowest BCUT2D eigenvalue weighted by Crippen LogP contribution is -2.32. The van der Waals surface area contributed by atoms with Crippen LogP contribution in [0.15, 0.2) is 73.1 Å². The second-order valence-electron chi connectivity index (χ2n) is 7.93. The number of benzene rings is 3. The van der Waals surface area contributed by atoms with Crippen LogP contribution >= 0.6 is 0 Å². The summed E-state index contributed by atoms with van der Waals surface area (Å²) in [4.78, 5) is 13.2. The van der Waals surface area contributed by atoms with E-state index < -0.39 is 0 Å². The Labute approximate surface area is 195 Å². The van der Waals surface area contributed by atoms with E-state index >= 15 is 0 Å². The molecule has 1 amide bonds. The van der Waals surface area contributed by atoms with Gasteiger partial charge in [0.25, 0.3) is 0 Å². The maximum absolute atomic E-state index is 13.3. The number of amides is 1. The van der Waals surface area contributed by atoms with E-state index in [-0.39, 0.29) is 24.2 Å². The summed E-state index contributed by atoms with van der Waals surface area (Å²) in [5.74, 6) is 1.42. The molecule has 0 spiro atoms. The molecule has 4 aromatic rings. The van der Waals surface area contributed by atoms with E-state index in [0.29, 0.717) is 29.4 Å². The fraction of sp³-hybridized carbons (Fsp3) is 0.154. The number of carbonyl (C=O) groups excluding carboxylic acids is 1. The highest BCUT2D eigenvalue weighted by Crippen LogP contribution is 2.36. The predicted octanol–water partition coefficient (Wildman–Crippen LogP) is 5.21. The maximum Gasteiger partial charge on any atom is 0.231 e. The molecule has 0 saturated heterocycles. The Kier molecular flexibility index (Phi) is 5.86. The van der Waals surface area contributed by atoms with E-state index in [4.69, 9.17) is 14.2 Å². The monoisotopic (exact) mass is 459 g/mol. The highest BCUT2D eigenvalue weighted by atomic mass is 19.1. The molecule has 1 aliphatic heterocycles. The molecule has 0 saturated carbocycles. The summed E-state index contributed by atoms with van der Waals surface area (Å²) in [7, 11) is 1.60. The van der Waals surface area contributed by atoms with E-state index in [2.05, 4.69) is 15.5 Å². The molecule has 2 N–H and O–H groups in total. The summed E-state index contributed by atoms with van der Waals surface area (Å²) in [5.41, 5.74) is 3.14. The number of hydrogen-bond acceptors (Lipinski definition) is 5. The lowest BCUT2D eigenvalue weighted by Gasteiger charge is -2.25. The molecule has 1 aliphatic rings. The van der Waals surface area contributed by atoms with E-state index in [1.165, 1.54) is 24.3 Å². The van der Waals surface area contributed by atoms with Crippen LogP contribution in [-0.2, 0) is 11.2 Å². The number of carbonyl (C=O) groups is 1. The Hall–Kier alpha value is -4.33. The van der Waals surface area contributed by atoms with Gasteiger partial charge in [0.2, 0.25) is 5.91 Å². The summed E-state index contributed by atoms with van der Waals surface area (Å²) in [6.07, 6.45) is 3.99. The van der Waals surface area contributed by atoms with Crippen molar-refractivity contribution < 1.29 is 23.4 Å². The van der Waals surface area contributed by atoms with Crippen LogP contribution in [0.3, 0.4) is 0 Å². The van der Waals surface area contributed by atoms with Crippen LogP contribution in [0.1, 0.15) is 5.56 Å². The van der Waals surface area contributed by atoms with Crippen LogP contribution in [0.2, 0.25) is 0 Å². The molecule has 5 rings (SSSR count). The van der Waals surface area contributed by atoms with Gasteiger partial charge < -0.3 is 19.5 Å². The summed E-state index contributed by atoms with van der Waals surface area (Å²) in [6, 6.07) is 16.7. The first-order valence-corrected chi connectivity index (χ1v) is 10.8. The summed E-state index contributed by atoms with van der Waals surface area (Å²) in [6.45, 7) is 0.270. The second-order valence-corrected chi connectivity index (χ2v) is 7.93. The Morgan fingerprint density at radius 2 is 1.91 bits per heavy atom. The quantitative estimate of drug-likeness (QED) is 0.414. The van der Waals surface area contributed by atoms with Gasteiger partial charge >= 0.3 is 0 Å². The van der Waals surface area contributed by atoms with Gasteiger partial charge in [0.05, 0.1) is 24.9 Å². The van der Waals surface area contributed by atoms with Crippen LogP contribution in [0.25, 0.3) is 11.1 Å². The topological polar surface area (TPSA) is 85.5 Å². The third kappa shape index (κ3) is 4.56. The molecule has 34 heavy (non-hydrogen) atoms. The Balaban J connectivity index is 1.39. The van der Waals surface area contributed by atoms with E-state index in [0.717, 1.165) is 22.4 Å². The minimum absolute atomic E-state index is 0.187. The SMILES string of the molecule is COc1ccc2c(c1)C[C@H](C(=O)Nc1ccc(-c3cn[nH]c3)cc1Oc1ccc(F)cc1)CO2. The maximum atomic E-state index is 13.3. The lowest BCUT2D eigenvalue weighted by molar-refractivity contribution is -0.121. The highest BCUT2D eigenvalue weighted by Gasteiger charge is 2.27. The van der Waals surface area contributed by atoms with Crippen molar-refractivity contribution in [1.29, 1.82) is 0 Å². The molecule has 0 bridgehead atoms. The number of aromatic amines is 1. The lowest BCUT2D eigenvalue weighted by atomic mass is 9.95. The minimum Gasteiger partial charge on any atom is -0.497 e. The van der Waals surface area contributed by atoms with Gasteiger partial charge in [0.15, 0.2) is 5.75 Å². The van der Waals surface area contributed by atoms with Gasteiger partial charge in [0, 0.05) is 11.8 Å².